The maximum atomic E-state index is 8.75. The van der Waals surface area contributed by atoms with Crippen LogP contribution in [-0.4, -0.2) is 0 Å². The Kier molecular flexibility index (Phi) is 3.66. The lowest BCUT2D eigenvalue weighted by Gasteiger charge is -2.17. The molecule has 0 spiro atoms. The van der Waals surface area contributed by atoms with E-state index < -0.39 is 11.8 Å². The number of hydrogen-bond donors (Lipinski definition) is 0. The molecule has 4 rings (SSSR count). The van der Waals surface area contributed by atoms with E-state index in [9.17, 15) is 0 Å². The average Bonchev–Trinajstić information content (AvgIpc) is 3.07. The van der Waals surface area contributed by atoms with E-state index in [4.69, 9.17) is 15.1 Å². The Morgan fingerprint density at radius 1 is 1.10 bits per heavy atom. The zero-order chi connectivity index (χ0) is 23.6. The molecule has 0 atom stereocenters. The van der Waals surface area contributed by atoms with Crippen molar-refractivity contribution >= 4 is 27.6 Å². The van der Waals surface area contributed by atoms with Crippen molar-refractivity contribution in [2.45, 2.75) is 41.0 Å². The summed E-state index contributed by atoms with van der Waals surface area (Å²) in [6.07, 6.45) is -1.53. The van der Waals surface area contributed by atoms with Crippen LogP contribution in [0.5, 0.6) is 0 Å². The summed E-state index contributed by atoms with van der Waals surface area (Å²) < 4.78 is 34.0. The molecule has 0 N–H and O–H groups in total. The molecule has 3 heteroatoms. The van der Waals surface area contributed by atoms with E-state index >= 15 is 0 Å². The highest BCUT2D eigenvalue weighted by molar-refractivity contribution is 6.13. The molecule has 29 heavy (non-hydrogen) atoms. The highest BCUT2D eigenvalue weighted by Gasteiger charge is 2.22. The van der Waals surface area contributed by atoms with Gasteiger partial charge in [-0.25, -0.2) is 9.41 Å². The molecule has 3 nitrogen and oxygen atoms in total. The molecule has 0 saturated carbocycles. The van der Waals surface area contributed by atoms with Crippen LogP contribution < -0.4 is 4.57 Å². The second-order valence-electron chi connectivity index (χ2n) is 8.69. The maximum absolute atomic E-state index is 8.75. The van der Waals surface area contributed by atoms with Gasteiger partial charge in [0, 0.05) is 25.1 Å². The zero-order valence-corrected chi connectivity index (χ0v) is 17.8. The van der Waals surface area contributed by atoms with Gasteiger partial charge in [-0.3, -0.25) is 0 Å². The number of fused-ring (bicyclic) bond motifs is 3. The standard InChI is InChI=1S/C26H27N2O/c1-16-12-20-19-10-8-17(2)23(25(19)29-24(20)21(13-16)27-6)22-11-9-18(15-28(22)7)14-26(3,4)5/h8-13,15H,14H2,1-5,7H3/q+1/i14D2,15D. The second kappa shape index (κ2) is 6.74. The SMILES string of the molecule is [2H]c1c(C([2H])([2H])C(C)(C)C)ccc(-c2c(C)ccc3c2oc2c([N+]#[C-])cc(C)cc23)[n+]1C. The van der Waals surface area contributed by atoms with E-state index in [0.29, 0.717) is 22.4 Å². The molecule has 0 aliphatic heterocycles. The molecular weight excluding hydrogens is 356 g/mol. The molecule has 4 aromatic rings. The number of furan rings is 1. The van der Waals surface area contributed by atoms with Gasteiger partial charge >= 0.3 is 0 Å². The number of pyridine rings is 1. The van der Waals surface area contributed by atoms with Crippen LogP contribution in [0.3, 0.4) is 0 Å². The van der Waals surface area contributed by atoms with Crippen LogP contribution in [-0.2, 0) is 13.4 Å². The highest BCUT2D eigenvalue weighted by atomic mass is 16.3. The average molecular weight is 387 g/mol. The van der Waals surface area contributed by atoms with Gasteiger partial charge < -0.3 is 4.42 Å². The Morgan fingerprint density at radius 2 is 1.86 bits per heavy atom. The van der Waals surface area contributed by atoms with Gasteiger partial charge in [0.2, 0.25) is 11.4 Å². The summed E-state index contributed by atoms with van der Waals surface area (Å²) in [5.41, 5.74) is 5.05. The molecule has 2 aromatic heterocycles. The molecule has 0 fully saturated rings. The van der Waals surface area contributed by atoms with Gasteiger partial charge in [0.05, 0.1) is 12.1 Å². The molecule has 0 amide bonds. The third-order valence-electron chi connectivity index (χ3n) is 5.02. The Labute approximate surface area is 176 Å². The van der Waals surface area contributed by atoms with Crippen molar-refractivity contribution in [1.29, 1.82) is 0 Å². The first-order chi connectivity index (χ1) is 14.9. The maximum Gasteiger partial charge on any atom is 0.229 e. The van der Waals surface area contributed by atoms with Gasteiger partial charge in [-0.2, -0.15) is 0 Å². The lowest BCUT2D eigenvalue weighted by Crippen LogP contribution is -2.32. The molecule has 2 aromatic carbocycles. The Hall–Kier alpha value is -3.12. The molecule has 0 aliphatic carbocycles. The minimum Gasteiger partial charge on any atom is -0.466 e. The van der Waals surface area contributed by atoms with Crippen molar-refractivity contribution in [2.75, 3.05) is 0 Å². The minimum absolute atomic E-state index is 0.132. The highest BCUT2D eigenvalue weighted by Crippen LogP contribution is 2.40. The van der Waals surface area contributed by atoms with E-state index in [2.05, 4.69) is 4.85 Å². The van der Waals surface area contributed by atoms with Crippen LogP contribution in [0, 0.1) is 25.8 Å². The first-order valence-corrected chi connectivity index (χ1v) is 9.73. The summed E-state index contributed by atoms with van der Waals surface area (Å²) in [6, 6.07) is 11.5. The quantitative estimate of drug-likeness (QED) is 0.273. The van der Waals surface area contributed by atoms with Crippen LogP contribution in [0.4, 0.5) is 5.69 Å². The van der Waals surface area contributed by atoms with E-state index in [1.807, 2.05) is 65.0 Å². The molecule has 0 saturated heterocycles. The Balaban J connectivity index is 2.05. The summed E-state index contributed by atoms with van der Waals surface area (Å²) in [5, 5.41) is 1.83. The summed E-state index contributed by atoms with van der Waals surface area (Å²) in [6.45, 7) is 17.0. The van der Waals surface area contributed by atoms with Crippen molar-refractivity contribution in [2.24, 2.45) is 12.5 Å². The zero-order valence-electron chi connectivity index (χ0n) is 20.8. The van der Waals surface area contributed by atoms with Crippen molar-refractivity contribution in [3.63, 3.8) is 0 Å². The first kappa shape index (κ1) is 15.8. The summed E-state index contributed by atoms with van der Waals surface area (Å²) >= 11 is 0. The Bertz CT molecular complexity index is 1440. The monoisotopic (exact) mass is 386 g/mol. The van der Waals surface area contributed by atoms with Gasteiger partial charge in [-0.1, -0.05) is 44.5 Å². The van der Waals surface area contributed by atoms with Crippen LogP contribution in [0.1, 0.15) is 41.6 Å². The van der Waals surface area contributed by atoms with Crippen LogP contribution in [0.15, 0.2) is 47.0 Å². The van der Waals surface area contributed by atoms with Crippen LogP contribution in [0.25, 0.3) is 38.0 Å². The van der Waals surface area contributed by atoms with Gasteiger partial charge in [-0.15, -0.1) is 0 Å². The molecule has 2 heterocycles. The molecule has 146 valence electrons. The molecule has 0 aliphatic rings. The van der Waals surface area contributed by atoms with Crippen molar-refractivity contribution in [3.8, 4) is 11.3 Å². The van der Waals surface area contributed by atoms with E-state index in [1.165, 1.54) is 0 Å². The van der Waals surface area contributed by atoms with Gasteiger partial charge in [0.25, 0.3) is 0 Å². The van der Waals surface area contributed by atoms with E-state index in [-0.39, 0.29) is 6.17 Å². The lowest BCUT2D eigenvalue weighted by atomic mass is 9.88. The number of aromatic nitrogens is 1. The molecular formula is C26H27N2O+. The topological polar surface area (TPSA) is 21.4 Å². The second-order valence-corrected chi connectivity index (χ2v) is 8.69. The van der Waals surface area contributed by atoms with Crippen LogP contribution in [0.2, 0.25) is 0 Å². The van der Waals surface area contributed by atoms with E-state index in [0.717, 1.165) is 33.2 Å². The first-order valence-electron chi connectivity index (χ1n) is 11.2. The number of hydrogen-bond acceptors (Lipinski definition) is 1. The fourth-order valence-electron chi connectivity index (χ4n) is 3.84. The predicted molar refractivity (Wildman–Crippen MR) is 119 cm³/mol. The fraction of sp³-hybridized carbons (Fsp3) is 0.308. The number of rotatable bonds is 2. The normalized spacial score (nSPS) is 13.9. The predicted octanol–water partition coefficient (Wildman–Crippen LogP) is 6.83. The largest absolute Gasteiger partial charge is 0.466 e. The fourth-order valence-corrected chi connectivity index (χ4v) is 3.84. The third-order valence-corrected chi connectivity index (χ3v) is 5.02. The Morgan fingerprint density at radius 3 is 2.55 bits per heavy atom. The van der Waals surface area contributed by atoms with E-state index in [1.54, 1.807) is 17.7 Å². The number of nitrogens with zero attached hydrogens (tertiary/aromatic N) is 2. The van der Waals surface area contributed by atoms with Gasteiger partial charge in [0.15, 0.2) is 6.17 Å². The van der Waals surface area contributed by atoms with Gasteiger partial charge in [-0.05, 0) is 43.3 Å². The molecule has 0 unspecified atom stereocenters. The van der Waals surface area contributed by atoms with Crippen LogP contribution >= 0.6 is 0 Å². The number of aryl methyl sites for hydroxylation is 2. The van der Waals surface area contributed by atoms with Crippen molar-refractivity contribution in [3.05, 3.63) is 70.7 Å². The smallest absolute Gasteiger partial charge is 0.229 e. The van der Waals surface area contributed by atoms with Gasteiger partial charge in [0.1, 0.15) is 19.6 Å². The molecule has 0 bridgehead atoms. The lowest BCUT2D eigenvalue weighted by molar-refractivity contribution is -0.660. The third kappa shape index (κ3) is 3.40. The summed E-state index contributed by atoms with van der Waals surface area (Å²) in [7, 11) is 1.79. The van der Waals surface area contributed by atoms with Crippen molar-refractivity contribution < 1.29 is 13.1 Å². The summed E-state index contributed by atoms with van der Waals surface area (Å²) in [4.78, 5) is 3.65. The van der Waals surface area contributed by atoms with Crippen molar-refractivity contribution in [1.82, 2.24) is 0 Å². The summed E-state index contributed by atoms with van der Waals surface area (Å²) in [5.74, 6) is 0. The number of benzene rings is 2. The molecule has 0 radical (unpaired) electrons. The minimum atomic E-state index is -1.66.